The van der Waals surface area contributed by atoms with Gasteiger partial charge in [-0.05, 0) is 37.3 Å². The maximum atomic E-state index is 10.4. The number of hydrogen-bond donors (Lipinski definition) is 1. The van der Waals surface area contributed by atoms with Gasteiger partial charge in [0.05, 0.1) is 18.9 Å². The van der Waals surface area contributed by atoms with E-state index in [2.05, 4.69) is 21.9 Å². The Bertz CT molecular complexity index is 494. The number of anilines is 1. The summed E-state index contributed by atoms with van der Waals surface area (Å²) in [6.07, 6.45) is 7.25. The Morgan fingerprint density at radius 2 is 1.79 bits per heavy atom. The topological polar surface area (TPSA) is 35.9 Å². The second-order valence-corrected chi connectivity index (χ2v) is 7.25. The van der Waals surface area contributed by atoms with Gasteiger partial charge in [-0.15, -0.1) is 0 Å². The van der Waals surface area contributed by atoms with Gasteiger partial charge in [-0.1, -0.05) is 31.4 Å². The predicted molar refractivity (Wildman–Crippen MR) is 98.8 cm³/mol. The zero-order chi connectivity index (χ0) is 16.8. The van der Waals surface area contributed by atoms with E-state index in [1.807, 2.05) is 12.1 Å². The first-order chi connectivity index (χ1) is 11.8. The van der Waals surface area contributed by atoms with E-state index in [0.29, 0.717) is 5.92 Å². The van der Waals surface area contributed by atoms with Gasteiger partial charge in [0.15, 0.2) is 0 Å². The van der Waals surface area contributed by atoms with Crippen molar-refractivity contribution in [2.45, 2.75) is 44.6 Å². The molecule has 134 valence electrons. The second-order valence-electron chi connectivity index (χ2n) is 7.25. The lowest BCUT2D eigenvalue weighted by Gasteiger charge is -2.37. The normalized spacial score (nSPS) is 21.7. The van der Waals surface area contributed by atoms with Crippen molar-refractivity contribution in [1.29, 1.82) is 0 Å². The lowest BCUT2D eigenvalue weighted by molar-refractivity contribution is 0.0653. The van der Waals surface area contributed by atoms with Crippen LogP contribution in [0.15, 0.2) is 24.3 Å². The van der Waals surface area contributed by atoms with Crippen LogP contribution >= 0.6 is 0 Å². The Labute approximate surface area is 146 Å². The van der Waals surface area contributed by atoms with Crippen LogP contribution in [-0.2, 0) is 0 Å². The first-order valence-electron chi connectivity index (χ1n) is 9.56. The fourth-order valence-corrected chi connectivity index (χ4v) is 4.17. The van der Waals surface area contributed by atoms with E-state index in [-0.39, 0.29) is 6.10 Å². The Morgan fingerprint density at radius 3 is 2.50 bits per heavy atom. The number of ether oxygens (including phenoxy) is 1. The molecule has 1 aliphatic heterocycles. The number of aliphatic hydroxyl groups excluding tert-OH is 1. The Balaban J connectivity index is 1.43. The summed E-state index contributed by atoms with van der Waals surface area (Å²) in [5.74, 6) is 1.51. The number of hydrogen-bond acceptors (Lipinski definition) is 4. The van der Waals surface area contributed by atoms with E-state index in [1.165, 1.54) is 37.8 Å². The molecule has 1 aliphatic carbocycles. The van der Waals surface area contributed by atoms with Crippen molar-refractivity contribution in [3.63, 3.8) is 0 Å². The molecule has 4 nitrogen and oxygen atoms in total. The molecule has 3 rings (SSSR count). The van der Waals surface area contributed by atoms with Gasteiger partial charge in [0, 0.05) is 32.7 Å². The molecule has 1 aromatic rings. The van der Waals surface area contributed by atoms with Gasteiger partial charge in [-0.2, -0.15) is 0 Å². The molecule has 24 heavy (non-hydrogen) atoms. The van der Waals surface area contributed by atoms with Crippen LogP contribution in [-0.4, -0.2) is 55.9 Å². The third-order valence-corrected chi connectivity index (χ3v) is 5.73. The Hall–Kier alpha value is -1.26. The third kappa shape index (κ3) is 4.42. The van der Waals surface area contributed by atoms with E-state index >= 15 is 0 Å². The summed E-state index contributed by atoms with van der Waals surface area (Å²) in [7, 11) is 1.74. The van der Waals surface area contributed by atoms with E-state index in [1.54, 1.807) is 7.11 Å². The minimum Gasteiger partial charge on any atom is -0.495 e. The van der Waals surface area contributed by atoms with Crippen LogP contribution in [0.5, 0.6) is 5.75 Å². The summed E-state index contributed by atoms with van der Waals surface area (Å²) in [5, 5.41) is 10.4. The molecule has 1 aromatic carbocycles. The maximum absolute atomic E-state index is 10.4. The predicted octanol–water partition coefficient (Wildman–Crippen LogP) is 3.15. The van der Waals surface area contributed by atoms with Gasteiger partial charge < -0.3 is 14.7 Å². The molecule has 0 spiro atoms. The van der Waals surface area contributed by atoms with Gasteiger partial charge in [0.25, 0.3) is 0 Å². The number of rotatable bonds is 6. The van der Waals surface area contributed by atoms with Gasteiger partial charge >= 0.3 is 0 Å². The summed E-state index contributed by atoms with van der Waals surface area (Å²) in [6, 6.07) is 8.26. The van der Waals surface area contributed by atoms with Crippen LogP contribution in [0.3, 0.4) is 0 Å². The van der Waals surface area contributed by atoms with Crippen molar-refractivity contribution in [2.24, 2.45) is 5.92 Å². The van der Waals surface area contributed by atoms with Crippen LogP contribution in [0.2, 0.25) is 0 Å². The number of para-hydroxylation sites is 2. The summed E-state index contributed by atoms with van der Waals surface area (Å²) in [5.41, 5.74) is 1.20. The molecule has 2 aliphatic rings. The van der Waals surface area contributed by atoms with Crippen molar-refractivity contribution < 1.29 is 9.84 Å². The number of benzene rings is 1. The number of aliphatic hydroxyl groups is 1. The molecule has 4 heteroatoms. The highest BCUT2D eigenvalue weighted by Crippen LogP contribution is 2.29. The first-order valence-corrected chi connectivity index (χ1v) is 9.56. The van der Waals surface area contributed by atoms with Crippen molar-refractivity contribution in [3.8, 4) is 5.75 Å². The molecule has 0 radical (unpaired) electrons. The first kappa shape index (κ1) is 17.6. The van der Waals surface area contributed by atoms with Gasteiger partial charge in [-0.25, -0.2) is 0 Å². The standard InChI is InChI=1S/C20H32N2O2/c1-24-20-10-6-5-9-18(20)22-15-13-21(14-16-22)12-11-19(23)17-7-3-2-4-8-17/h5-6,9-10,17,19,23H,2-4,7-8,11-16H2,1H3. The molecular weight excluding hydrogens is 300 g/mol. The second kappa shape index (κ2) is 8.72. The van der Waals surface area contributed by atoms with E-state index in [0.717, 1.165) is 44.9 Å². The summed E-state index contributed by atoms with van der Waals surface area (Å²) in [4.78, 5) is 4.91. The molecular formula is C20H32N2O2. The van der Waals surface area contributed by atoms with Crippen LogP contribution in [0.1, 0.15) is 38.5 Å². The highest BCUT2D eigenvalue weighted by atomic mass is 16.5. The van der Waals surface area contributed by atoms with Gasteiger partial charge in [0.1, 0.15) is 5.75 Å². The lowest BCUT2D eigenvalue weighted by Crippen LogP contribution is -2.47. The number of nitrogens with zero attached hydrogens (tertiary/aromatic N) is 2. The fourth-order valence-electron chi connectivity index (χ4n) is 4.17. The molecule has 1 saturated heterocycles. The highest BCUT2D eigenvalue weighted by molar-refractivity contribution is 5.58. The van der Waals surface area contributed by atoms with Crippen molar-refractivity contribution in [3.05, 3.63) is 24.3 Å². The average molecular weight is 332 g/mol. The van der Waals surface area contributed by atoms with Gasteiger partial charge in [0.2, 0.25) is 0 Å². The molecule has 0 aromatic heterocycles. The minimum absolute atomic E-state index is 0.0995. The van der Waals surface area contributed by atoms with Gasteiger partial charge in [-0.3, -0.25) is 4.90 Å². The molecule has 1 heterocycles. The van der Waals surface area contributed by atoms with Crippen LogP contribution in [0.4, 0.5) is 5.69 Å². The number of piperazine rings is 1. The molecule has 1 atom stereocenters. The van der Waals surface area contributed by atoms with E-state index in [9.17, 15) is 5.11 Å². The molecule has 1 saturated carbocycles. The monoisotopic (exact) mass is 332 g/mol. The lowest BCUT2D eigenvalue weighted by atomic mass is 9.84. The summed E-state index contributed by atoms with van der Waals surface area (Å²) in [6.45, 7) is 5.21. The zero-order valence-electron chi connectivity index (χ0n) is 15.0. The SMILES string of the molecule is COc1ccccc1N1CCN(CCC(O)C2CCCCC2)CC1. The van der Waals surface area contributed by atoms with Crippen LogP contribution < -0.4 is 9.64 Å². The van der Waals surface area contributed by atoms with Crippen molar-refractivity contribution in [1.82, 2.24) is 4.90 Å². The molecule has 0 amide bonds. The Kier molecular flexibility index (Phi) is 6.38. The number of methoxy groups -OCH3 is 1. The van der Waals surface area contributed by atoms with Crippen LogP contribution in [0.25, 0.3) is 0 Å². The highest BCUT2D eigenvalue weighted by Gasteiger charge is 2.24. The average Bonchev–Trinajstić information content (AvgIpc) is 2.67. The third-order valence-electron chi connectivity index (χ3n) is 5.73. The summed E-state index contributed by atoms with van der Waals surface area (Å²) >= 11 is 0. The molecule has 0 bridgehead atoms. The molecule has 1 N–H and O–H groups in total. The van der Waals surface area contributed by atoms with Crippen molar-refractivity contribution >= 4 is 5.69 Å². The Morgan fingerprint density at radius 1 is 1.08 bits per heavy atom. The van der Waals surface area contributed by atoms with Crippen molar-refractivity contribution in [2.75, 3.05) is 44.7 Å². The zero-order valence-corrected chi connectivity index (χ0v) is 15.0. The maximum Gasteiger partial charge on any atom is 0.142 e. The minimum atomic E-state index is -0.0995. The smallest absolute Gasteiger partial charge is 0.142 e. The molecule has 1 unspecified atom stereocenters. The summed E-state index contributed by atoms with van der Waals surface area (Å²) < 4.78 is 5.48. The van der Waals surface area contributed by atoms with E-state index in [4.69, 9.17) is 4.74 Å². The van der Waals surface area contributed by atoms with Crippen LogP contribution in [0, 0.1) is 5.92 Å². The fraction of sp³-hybridized carbons (Fsp3) is 0.700. The quantitative estimate of drug-likeness (QED) is 0.868. The molecule has 2 fully saturated rings. The van der Waals surface area contributed by atoms with E-state index < -0.39 is 0 Å². The largest absolute Gasteiger partial charge is 0.495 e.